The van der Waals surface area contributed by atoms with Crippen LogP contribution in [0.2, 0.25) is 0 Å². The highest BCUT2D eigenvalue weighted by Gasteiger charge is 2.42. The zero-order chi connectivity index (χ0) is 15.8. The quantitative estimate of drug-likeness (QED) is 0.669. The Balaban J connectivity index is 1.38. The minimum Gasteiger partial charge on any atom is -0.353 e. The van der Waals surface area contributed by atoms with Crippen LogP contribution in [0.25, 0.3) is 0 Å². The Labute approximate surface area is 138 Å². The molecule has 1 saturated heterocycles. The molecule has 0 bridgehead atoms. The van der Waals surface area contributed by atoms with Crippen molar-refractivity contribution in [2.45, 2.75) is 44.1 Å². The number of benzene rings is 1. The lowest BCUT2D eigenvalue weighted by molar-refractivity contribution is 0.299. The summed E-state index contributed by atoms with van der Waals surface area (Å²) in [6, 6.07) is 7.48. The van der Waals surface area contributed by atoms with E-state index in [1.165, 1.54) is 25.7 Å². The summed E-state index contributed by atoms with van der Waals surface area (Å²) >= 11 is 0. The molecule has 1 N–H and O–H groups in total. The standard InChI is InChI=1S/C19H26FN3/c1-21-19(23-11-13-6-2-3-7-14(13)12-23)22-18-10-16(18)15-8-4-5-9-17(15)20/h4-5,8-9,13-14,16,18H,2-3,6-7,10-12H2,1H3,(H,21,22). The maximum Gasteiger partial charge on any atom is 0.193 e. The number of fused-ring (bicyclic) bond motifs is 1. The van der Waals surface area contributed by atoms with Gasteiger partial charge in [-0.15, -0.1) is 0 Å². The van der Waals surface area contributed by atoms with E-state index < -0.39 is 0 Å². The van der Waals surface area contributed by atoms with Gasteiger partial charge >= 0.3 is 0 Å². The first kappa shape index (κ1) is 15.0. The maximum atomic E-state index is 13.9. The van der Waals surface area contributed by atoms with Crippen LogP contribution >= 0.6 is 0 Å². The third-order valence-corrected chi connectivity index (χ3v) is 5.90. The van der Waals surface area contributed by atoms with Crippen molar-refractivity contribution in [1.29, 1.82) is 0 Å². The minimum absolute atomic E-state index is 0.0796. The Bertz CT molecular complexity index is 586. The van der Waals surface area contributed by atoms with Gasteiger partial charge < -0.3 is 10.2 Å². The number of rotatable bonds is 2. The first-order valence-electron chi connectivity index (χ1n) is 8.99. The van der Waals surface area contributed by atoms with Crippen LogP contribution in [0.5, 0.6) is 0 Å². The van der Waals surface area contributed by atoms with Crippen molar-refractivity contribution in [2.24, 2.45) is 16.8 Å². The molecule has 4 rings (SSSR count). The van der Waals surface area contributed by atoms with Gasteiger partial charge in [-0.1, -0.05) is 31.0 Å². The minimum atomic E-state index is -0.0796. The van der Waals surface area contributed by atoms with Crippen molar-refractivity contribution in [3.63, 3.8) is 0 Å². The molecule has 0 amide bonds. The Kier molecular flexibility index (Phi) is 4.00. The molecule has 1 heterocycles. The van der Waals surface area contributed by atoms with Gasteiger partial charge in [0.05, 0.1) is 0 Å². The van der Waals surface area contributed by atoms with Crippen molar-refractivity contribution in [2.75, 3.05) is 20.1 Å². The number of hydrogen-bond donors (Lipinski definition) is 1. The van der Waals surface area contributed by atoms with E-state index in [1.54, 1.807) is 12.1 Å². The fraction of sp³-hybridized carbons (Fsp3) is 0.632. The summed E-state index contributed by atoms with van der Waals surface area (Å²) < 4.78 is 13.9. The lowest BCUT2D eigenvalue weighted by Crippen LogP contribution is -2.41. The summed E-state index contributed by atoms with van der Waals surface area (Å²) in [6.45, 7) is 2.28. The molecular formula is C19H26FN3. The van der Waals surface area contributed by atoms with Gasteiger partial charge in [-0.2, -0.15) is 0 Å². The molecule has 3 nitrogen and oxygen atoms in total. The summed E-state index contributed by atoms with van der Waals surface area (Å²) in [6.07, 6.45) is 6.53. The highest BCUT2D eigenvalue weighted by Crippen LogP contribution is 2.42. The van der Waals surface area contributed by atoms with Crippen LogP contribution in [0.4, 0.5) is 4.39 Å². The average molecular weight is 315 g/mol. The van der Waals surface area contributed by atoms with Crippen LogP contribution in [-0.2, 0) is 0 Å². The van der Waals surface area contributed by atoms with Gasteiger partial charge in [0.15, 0.2) is 5.96 Å². The third kappa shape index (κ3) is 2.96. The molecule has 3 fully saturated rings. The monoisotopic (exact) mass is 315 g/mol. The topological polar surface area (TPSA) is 27.6 Å². The Morgan fingerprint density at radius 1 is 1.17 bits per heavy atom. The lowest BCUT2D eigenvalue weighted by atomic mass is 9.82. The highest BCUT2D eigenvalue weighted by molar-refractivity contribution is 5.81. The number of guanidine groups is 1. The van der Waals surface area contributed by atoms with Crippen LogP contribution in [0.1, 0.15) is 43.6 Å². The van der Waals surface area contributed by atoms with E-state index in [0.29, 0.717) is 6.04 Å². The molecule has 23 heavy (non-hydrogen) atoms. The van der Waals surface area contributed by atoms with Gasteiger partial charge in [0.25, 0.3) is 0 Å². The van der Waals surface area contributed by atoms with Crippen molar-refractivity contribution in [3.05, 3.63) is 35.6 Å². The van der Waals surface area contributed by atoms with E-state index in [9.17, 15) is 4.39 Å². The van der Waals surface area contributed by atoms with Crippen LogP contribution in [0, 0.1) is 17.7 Å². The zero-order valence-electron chi connectivity index (χ0n) is 13.8. The van der Waals surface area contributed by atoms with E-state index in [2.05, 4.69) is 15.2 Å². The average Bonchev–Trinajstić information content (AvgIpc) is 3.19. The fourth-order valence-corrected chi connectivity index (χ4v) is 4.52. The summed E-state index contributed by atoms with van der Waals surface area (Å²) in [5.41, 5.74) is 0.843. The zero-order valence-corrected chi connectivity index (χ0v) is 13.8. The lowest BCUT2D eigenvalue weighted by Gasteiger charge is -2.22. The number of aliphatic imine (C=N–C) groups is 1. The molecular weight excluding hydrogens is 289 g/mol. The van der Waals surface area contributed by atoms with Gasteiger partial charge in [0, 0.05) is 32.1 Å². The second-order valence-electron chi connectivity index (χ2n) is 7.37. The smallest absolute Gasteiger partial charge is 0.193 e. The van der Waals surface area contributed by atoms with Gasteiger partial charge in [0.2, 0.25) is 0 Å². The Morgan fingerprint density at radius 2 is 1.87 bits per heavy atom. The summed E-state index contributed by atoms with van der Waals surface area (Å²) in [5.74, 6) is 2.93. The Hall–Kier alpha value is -1.58. The second-order valence-corrected chi connectivity index (χ2v) is 7.37. The fourth-order valence-electron chi connectivity index (χ4n) is 4.52. The molecule has 0 radical (unpaired) electrons. The van der Waals surface area contributed by atoms with E-state index in [1.807, 2.05) is 19.2 Å². The molecule has 4 atom stereocenters. The molecule has 124 valence electrons. The van der Waals surface area contributed by atoms with Crippen molar-refractivity contribution >= 4 is 5.96 Å². The molecule has 1 aromatic rings. The predicted octanol–water partition coefficient (Wildman–Crippen LogP) is 3.38. The first-order valence-corrected chi connectivity index (χ1v) is 8.99. The highest BCUT2D eigenvalue weighted by atomic mass is 19.1. The number of hydrogen-bond acceptors (Lipinski definition) is 1. The van der Waals surface area contributed by atoms with E-state index in [4.69, 9.17) is 0 Å². The molecule has 3 aliphatic rings. The van der Waals surface area contributed by atoms with Crippen molar-refractivity contribution in [1.82, 2.24) is 10.2 Å². The number of likely N-dealkylation sites (tertiary alicyclic amines) is 1. The predicted molar refractivity (Wildman–Crippen MR) is 91.1 cm³/mol. The van der Waals surface area contributed by atoms with E-state index in [-0.39, 0.29) is 11.7 Å². The largest absolute Gasteiger partial charge is 0.353 e. The van der Waals surface area contributed by atoms with E-state index >= 15 is 0 Å². The Morgan fingerprint density at radius 3 is 2.52 bits per heavy atom. The van der Waals surface area contributed by atoms with Crippen molar-refractivity contribution in [3.8, 4) is 0 Å². The van der Waals surface area contributed by atoms with Gasteiger partial charge in [0.1, 0.15) is 5.82 Å². The summed E-state index contributed by atoms with van der Waals surface area (Å²) in [5, 5.41) is 3.58. The van der Waals surface area contributed by atoms with Crippen LogP contribution in [0.3, 0.4) is 0 Å². The SMILES string of the molecule is CN=C(NC1CC1c1ccccc1F)N1CC2CCCCC2C1. The molecule has 1 aliphatic heterocycles. The van der Waals surface area contributed by atoms with Gasteiger partial charge in [-0.05, 0) is 42.7 Å². The number of nitrogens with zero attached hydrogens (tertiary/aromatic N) is 2. The number of nitrogens with one attached hydrogen (secondary N) is 1. The molecule has 0 aromatic heterocycles. The van der Waals surface area contributed by atoms with Crippen LogP contribution < -0.4 is 5.32 Å². The van der Waals surface area contributed by atoms with Crippen LogP contribution in [0.15, 0.2) is 29.3 Å². The first-order chi connectivity index (χ1) is 11.3. The molecule has 4 heteroatoms. The van der Waals surface area contributed by atoms with Crippen molar-refractivity contribution < 1.29 is 4.39 Å². The third-order valence-electron chi connectivity index (χ3n) is 5.90. The van der Waals surface area contributed by atoms with Gasteiger partial charge in [-0.25, -0.2) is 4.39 Å². The summed E-state index contributed by atoms with van der Waals surface area (Å²) in [4.78, 5) is 6.92. The second kappa shape index (κ2) is 6.14. The molecule has 0 spiro atoms. The van der Waals surface area contributed by atoms with E-state index in [0.717, 1.165) is 42.9 Å². The summed E-state index contributed by atoms with van der Waals surface area (Å²) in [7, 11) is 1.87. The number of halogens is 1. The molecule has 2 saturated carbocycles. The van der Waals surface area contributed by atoms with Crippen LogP contribution in [-0.4, -0.2) is 37.0 Å². The molecule has 2 aliphatic carbocycles. The normalized spacial score (nSPS) is 33.5. The molecule has 1 aromatic carbocycles. The maximum absolute atomic E-state index is 13.9. The van der Waals surface area contributed by atoms with Gasteiger partial charge in [-0.3, -0.25) is 4.99 Å². The molecule has 4 unspecified atom stereocenters.